The Balaban J connectivity index is 0. The number of allylic oxidation sites excluding steroid dienone is 4. The van der Waals surface area contributed by atoms with Gasteiger partial charge < -0.3 is 29.9 Å². The van der Waals surface area contributed by atoms with Gasteiger partial charge in [0.2, 0.25) is 0 Å². The van der Waals surface area contributed by atoms with Crippen LogP contribution >= 0.6 is 0 Å². The molecule has 1 aromatic carbocycles. The van der Waals surface area contributed by atoms with Crippen LogP contribution < -0.4 is 24.8 Å². The molecule has 1 nitrogen and oxygen atoms in total. The van der Waals surface area contributed by atoms with E-state index in [-0.39, 0.29) is 51.0 Å². The second kappa shape index (κ2) is 8.15. The summed E-state index contributed by atoms with van der Waals surface area (Å²) in [6, 6.07) is 7.43. The maximum atomic E-state index is 9.50. The SMILES string of the molecule is Oc1ccccc1C1=CC=CC1.[Cl-].[Cl-].[Zr+2]. The van der Waals surface area contributed by atoms with Crippen LogP contribution in [0.1, 0.15) is 12.0 Å². The second-order valence-corrected chi connectivity index (χ2v) is 2.84. The molecule has 0 heterocycles. The van der Waals surface area contributed by atoms with Crippen LogP contribution in [0, 0.1) is 0 Å². The number of phenols is 1. The molecule has 0 radical (unpaired) electrons. The quantitative estimate of drug-likeness (QED) is 0.576. The molecule has 2 rings (SSSR count). The van der Waals surface area contributed by atoms with Crippen molar-refractivity contribution in [2.75, 3.05) is 0 Å². The van der Waals surface area contributed by atoms with Crippen molar-refractivity contribution in [1.82, 2.24) is 0 Å². The van der Waals surface area contributed by atoms with Crippen LogP contribution in [0.15, 0.2) is 42.5 Å². The predicted octanol–water partition coefficient (Wildman–Crippen LogP) is -3.26. The summed E-state index contributed by atoms with van der Waals surface area (Å²) >= 11 is 0. The monoisotopic (exact) mass is 318 g/mol. The van der Waals surface area contributed by atoms with E-state index in [0.29, 0.717) is 5.75 Å². The topological polar surface area (TPSA) is 20.2 Å². The van der Waals surface area contributed by atoms with E-state index in [2.05, 4.69) is 6.08 Å². The van der Waals surface area contributed by atoms with Gasteiger partial charge in [0.1, 0.15) is 5.75 Å². The molecule has 0 amide bonds. The number of benzene rings is 1. The van der Waals surface area contributed by atoms with Gasteiger partial charge in [-0.25, -0.2) is 0 Å². The Morgan fingerprint density at radius 2 is 1.73 bits per heavy atom. The van der Waals surface area contributed by atoms with Crippen molar-refractivity contribution in [3.63, 3.8) is 0 Å². The minimum atomic E-state index is 0. The zero-order valence-corrected chi connectivity index (χ0v) is 11.9. The van der Waals surface area contributed by atoms with Crippen molar-refractivity contribution >= 4 is 5.57 Å². The van der Waals surface area contributed by atoms with E-state index in [0.717, 1.165) is 12.0 Å². The molecule has 0 spiro atoms. The smallest absolute Gasteiger partial charge is 1.00 e. The van der Waals surface area contributed by atoms with Crippen molar-refractivity contribution in [3.05, 3.63) is 48.1 Å². The first-order valence-corrected chi connectivity index (χ1v) is 4.02. The molecular weight excluding hydrogens is 310 g/mol. The van der Waals surface area contributed by atoms with Crippen LogP contribution in [0.4, 0.5) is 0 Å². The summed E-state index contributed by atoms with van der Waals surface area (Å²) in [5.74, 6) is 0.368. The van der Waals surface area contributed by atoms with Crippen LogP contribution in [-0.2, 0) is 26.2 Å². The summed E-state index contributed by atoms with van der Waals surface area (Å²) in [5, 5.41) is 9.50. The van der Waals surface area contributed by atoms with Gasteiger partial charge in [-0.3, -0.25) is 0 Å². The molecule has 0 saturated carbocycles. The van der Waals surface area contributed by atoms with Crippen LogP contribution in [0.25, 0.3) is 5.57 Å². The van der Waals surface area contributed by atoms with Crippen molar-refractivity contribution in [1.29, 1.82) is 0 Å². The second-order valence-electron chi connectivity index (χ2n) is 2.84. The number of rotatable bonds is 1. The summed E-state index contributed by atoms with van der Waals surface area (Å²) in [6.45, 7) is 0. The molecule has 4 heteroatoms. The molecule has 0 bridgehead atoms. The Morgan fingerprint density at radius 3 is 2.27 bits per heavy atom. The molecule has 0 fully saturated rings. The molecule has 1 aliphatic rings. The molecule has 1 N–H and O–H groups in total. The van der Waals surface area contributed by atoms with E-state index in [1.165, 1.54) is 5.57 Å². The first-order chi connectivity index (χ1) is 5.88. The third-order valence-electron chi connectivity index (χ3n) is 2.02. The fourth-order valence-corrected chi connectivity index (χ4v) is 1.39. The molecule has 15 heavy (non-hydrogen) atoms. The van der Waals surface area contributed by atoms with Crippen molar-refractivity contribution in [3.8, 4) is 5.75 Å². The summed E-state index contributed by atoms with van der Waals surface area (Å²) < 4.78 is 0. The average molecular weight is 320 g/mol. The average Bonchev–Trinajstić information content (AvgIpc) is 2.57. The number of aromatic hydroxyl groups is 1. The third kappa shape index (κ3) is 4.14. The number of hydrogen-bond donors (Lipinski definition) is 1. The van der Waals surface area contributed by atoms with Gasteiger partial charge >= 0.3 is 26.2 Å². The Labute approximate surface area is 121 Å². The summed E-state index contributed by atoms with van der Waals surface area (Å²) in [5.41, 5.74) is 2.13. The zero-order valence-electron chi connectivity index (χ0n) is 7.95. The Morgan fingerprint density at radius 1 is 1.07 bits per heavy atom. The first kappa shape index (κ1) is 17.4. The van der Waals surface area contributed by atoms with Gasteiger partial charge in [0.05, 0.1) is 0 Å². The van der Waals surface area contributed by atoms with Gasteiger partial charge in [-0.1, -0.05) is 36.4 Å². The Bertz CT molecular complexity index is 361. The zero-order chi connectivity index (χ0) is 8.39. The first-order valence-electron chi connectivity index (χ1n) is 4.02. The summed E-state index contributed by atoms with van der Waals surface area (Å²) in [7, 11) is 0. The maximum absolute atomic E-state index is 9.50. The molecule has 0 unspecified atom stereocenters. The molecule has 78 valence electrons. The third-order valence-corrected chi connectivity index (χ3v) is 2.02. The predicted molar refractivity (Wildman–Crippen MR) is 49.8 cm³/mol. The van der Waals surface area contributed by atoms with Crippen LogP contribution in [0.3, 0.4) is 0 Å². The molecule has 0 aliphatic heterocycles. The van der Waals surface area contributed by atoms with Gasteiger partial charge in [0, 0.05) is 5.56 Å². The molecule has 1 aromatic rings. The number of para-hydroxylation sites is 1. The molecule has 0 atom stereocenters. The van der Waals surface area contributed by atoms with E-state index in [1.807, 2.05) is 30.4 Å². The van der Waals surface area contributed by atoms with Gasteiger partial charge in [0.15, 0.2) is 0 Å². The van der Waals surface area contributed by atoms with Crippen molar-refractivity contribution in [2.45, 2.75) is 6.42 Å². The number of hydrogen-bond acceptors (Lipinski definition) is 1. The van der Waals surface area contributed by atoms with E-state index in [9.17, 15) is 5.11 Å². The largest absolute Gasteiger partial charge is 2.00 e. The fraction of sp³-hybridized carbons (Fsp3) is 0.0909. The Hall–Kier alpha value is -0.0369. The van der Waals surface area contributed by atoms with E-state index in [4.69, 9.17) is 0 Å². The van der Waals surface area contributed by atoms with E-state index >= 15 is 0 Å². The van der Waals surface area contributed by atoms with Gasteiger partial charge in [-0.05, 0) is 18.1 Å². The fourth-order valence-electron chi connectivity index (χ4n) is 1.39. The molecule has 1 aliphatic carbocycles. The van der Waals surface area contributed by atoms with Crippen LogP contribution in [0.2, 0.25) is 0 Å². The molecule has 0 aromatic heterocycles. The minimum Gasteiger partial charge on any atom is -1.00 e. The van der Waals surface area contributed by atoms with E-state index < -0.39 is 0 Å². The minimum absolute atomic E-state index is 0. The maximum Gasteiger partial charge on any atom is 2.00 e. The Kier molecular flexibility index (Phi) is 9.44. The number of phenolic OH excluding ortho intramolecular Hbond substituents is 1. The normalized spacial score (nSPS) is 11.9. The van der Waals surface area contributed by atoms with Gasteiger partial charge in [-0.15, -0.1) is 0 Å². The standard InChI is InChI=1S/C11H10O.2ClH.Zr/c12-11-8-4-3-7-10(11)9-5-1-2-6-9;;;/h1-5,7-8,12H,6H2;2*1H;/q;;;+2/p-2. The summed E-state index contributed by atoms with van der Waals surface area (Å²) in [6.07, 6.45) is 7.07. The van der Waals surface area contributed by atoms with Crippen LogP contribution in [-0.4, -0.2) is 5.11 Å². The van der Waals surface area contributed by atoms with Crippen LogP contribution in [0.5, 0.6) is 5.75 Å². The van der Waals surface area contributed by atoms with E-state index in [1.54, 1.807) is 6.07 Å². The van der Waals surface area contributed by atoms with Gasteiger partial charge in [-0.2, -0.15) is 0 Å². The number of halogens is 2. The van der Waals surface area contributed by atoms with Gasteiger partial charge in [0.25, 0.3) is 0 Å². The van der Waals surface area contributed by atoms with Crippen molar-refractivity contribution in [2.24, 2.45) is 0 Å². The molecular formula is C11H10Cl2OZr. The molecule has 0 saturated heterocycles. The van der Waals surface area contributed by atoms with Crippen molar-refractivity contribution < 1.29 is 56.1 Å². The summed E-state index contributed by atoms with van der Waals surface area (Å²) in [4.78, 5) is 0.